The molecule has 2 N–H and O–H groups in total. The van der Waals surface area contributed by atoms with Crippen molar-refractivity contribution in [3.63, 3.8) is 0 Å². The average molecular weight is 378 g/mol. The smallest absolute Gasteiger partial charge is 0.341 e. The maximum absolute atomic E-state index is 12.1. The molecule has 28 heavy (non-hydrogen) atoms. The number of carbonyl (C=O) groups is 1. The van der Waals surface area contributed by atoms with Crippen molar-refractivity contribution < 1.29 is 19.4 Å². The Labute approximate surface area is 160 Å². The van der Waals surface area contributed by atoms with Crippen LogP contribution in [-0.4, -0.2) is 22.9 Å². The Morgan fingerprint density at radius 2 is 1.96 bits per heavy atom. The van der Waals surface area contributed by atoms with Gasteiger partial charge in [0.25, 0.3) is 0 Å². The van der Waals surface area contributed by atoms with Gasteiger partial charge in [0.15, 0.2) is 16.9 Å². The number of aromatic nitrogens is 1. The number of pyridine rings is 1. The summed E-state index contributed by atoms with van der Waals surface area (Å²) in [5.74, 6) is -0.113. The predicted octanol–water partition coefficient (Wildman–Crippen LogP) is 2.86. The molecular weight excluding hydrogens is 360 g/mol. The summed E-state index contributed by atoms with van der Waals surface area (Å²) in [6.07, 6.45) is 1.30. The Bertz CT molecular complexity index is 1110. The molecule has 0 aliphatic carbocycles. The fourth-order valence-corrected chi connectivity index (χ4v) is 3.20. The van der Waals surface area contributed by atoms with Gasteiger partial charge in [-0.15, -0.1) is 0 Å². The molecule has 0 unspecified atom stereocenters. The molecule has 1 aromatic heterocycles. The zero-order valence-corrected chi connectivity index (χ0v) is 15.1. The summed E-state index contributed by atoms with van der Waals surface area (Å²) in [6.45, 7) is 0.859. The number of ether oxygens (including phenoxy) is 2. The second-order valence-electron chi connectivity index (χ2n) is 6.38. The molecule has 142 valence electrons. The molecule has 3 aromatic rings. The van der Waals surface area contributed by atoms with Crippen LogP contribution in [0, 0.1) is 0 Å². The van der Waals surface area contributed by atoms with E-state index < -0.39 is 11.4 Å². The highest BCUT2D eigenvalue weighted by Gasteiger charge is 2.22. The van der Waals surface area contributed by atoms with E-state index in [4.69, 9.17) is 14.6 Å². The molecule has 1 aliphatic rings. The normalized spacial score (nSPS) is 11.8. The lowest BCUT2D eigenvalue weighted by Crippen LogP contribution is -2.27. The number of benzene rings is 2. The lowest BCUT2D eigenvalue weighted by molar-refractivity contribution is 0.0694. The summed E-state index contributed by atoms with van der Waals surface area (Å²) in [6, 6.07) is 14.8. The molecule has 0 bridgehead atoms. The molecule has 0 fully saturated rings. The lowest BCUT2D eigenvalue weighted by Gasteiger charge is -2.25. The van der Waals surface area contributed by atoms with Gasteiger partial charge in [0.1, 0.15) is 12.2 Å². The van der Waals surface area contributed by atoms with Crippen LogP contribution >= 0.6 is 0 Å². The van der Waals surface area contributed by atoms with Gasteiger partial charge in [-0.05, 0) is 23.3 Å². The number of hydrogen-bond acceptors (Lipinski definition) is 5. The topological polar surface area (TPSA) is 89.8 Å². The van der Waals surface area contributed by atoms with E-state index in [2.05, 4.69) is 5.43 Å². The van der Waals surface area contributed by atoms with Gasteiger partial charge < -0.3 is 20.0 Å². The number of aromatic carboxylic acids is 1. The van der Waals surface area contributed by atoms with Crippen molar-refractivity contribution in [3.8, 4) is 22.8 Å². The molecule has 0 atom stereocenters. The van der Waals surface area contributed by atoms with E-state index in [1.54, 1.807) is 11.8 Å². The van der Waals surface area contributed by atoms with E-state index in [0.29, 0.717) is 30.3 Å². The average Bonchev–Trinajstić information content (AvgIpc) is 2.71. The number of fused-ring (bicyclic) bond motifs is 3. The molecule has 0 radical (unpaired) electrons. The Hall–Kier alpha value is -3.74. The van der Waals surface area contributed by atoms with Gasteiger partial charge in [0.05, 0.1) is 19.3 Å². The first kappa shape index (κ1) is 17.7. The summed E-state index contributed by atoms with van der Waals surface area (Å²) in [7, 11) is 1.55. The molecule has 7 nitrogen and oxygen atoms in total. The monoisotopic (exact) mass is 378 g/mol. The number of nitrogens with one attached hydrogen (secondary N) is 1. The minimum atomic E-state index is -1.25. The number of rotatable bonds is 5. The third-order valence-corrected chi connectivity index (χ3v) is 4.62. The number of hydrogen-bond donors (Lipinski definition) is 2. The van der Waals surface area contributed by atoms with Crippen LogP contribution in [0.3, 0.4) is 0 Å². The van der Waals surface area contributed by atoms with E-state index in [-0.39, 0.29) is 5.56 Å². The first-order valence-corrected chi connectivity index (χ1v) is 8.68. The highest BCUT2D eigenvalue weighted by molar-refractivity contribution is 5.88. The molecule has 2 heterocycles. The molecule has 4 rings (SSSR count). The van der Waals surface area contributed by atoms with Crippen LogP contribution in [0.2, 0.25) is 0 Å². The van der Waals surface area contributed by atoms with Crippen LogP contribution in [0.25, 0.3) is 11.3 Å². The van der Waals surface area contributed by atoms with Crippen molar-refractivity contribution in [2.45, 2.75) is 13.2 Å². The Morgan fingerprint density at radius 3 is 2.68 bits per heavy atom. The maximum Gasteiger partial charge on any atom is 0.341 e. The first-order valence-electron chi connectivity index (χ1n) is 8.68. The van der Waals surface area contributed by atoms with Gasteiger partial charge in [-0.3, -0.25) is 9.47 Å². The zero-order valence-electron chi connectivity index (χ0n) is 15.1. The molecule has 1 aliphatic heterocycles. The van der Waals surface area contributed by atoms with Crippen LogP contribution in [0.5, 0.6) is 11.5 Å². The molecular formula is C21H18N2O5. The van der Waals surface area contributed by atoms with Gasteiger partial charge in [-0.1, -0.05) is 30.3 Å². The largest absolute Gasteiger partial charge is 0.493 e. The zero-order chi connectivity index (χ0) is 19.7. The standard InChI is InChI=1S/C21H18N2O5/c1-27-19-8-15-14(7-20(19)28-12-13-5-3-2-4-6-13)10-22-23-11-16(21(25)26)18(24)9-17(15)23/h2-9,11,22H,10,12H2,1H3,(H,25,26). The molecule has 2 aromatic carbocycles. The lowest BCUT2D eigenvalue weighted by atomic mass is 10.0. The van der Waals surface area contributed by atoms with Gasteiger partial charge in [0, 0.05) is 17.8 Å². The van der Waals surface area contributed by atoms with E-state index in [9.17, 15) is 9.59 Å². The molecule has 0 saturated heterocycles. The minimum Gasteiger partial charge on any atom is -0.493 e. The van der Waals surface area contributed by atoms with Crippen LogP contribution in [0.15, 0.2) is 59.5 Å². The molecule has 0 spiro atoms. The molecule has 0 amide bonds. The third kappa shape index (κ3) is 3.18. The highest BCUT2D eigenvalue weighted by Crippen LogP contribution is 2.37. The van der Waals surface area contributed by atoms with Crippen molar-refractivity contribution in [3.05, 3.63) is 81.6 Å². The second-order valence-corrected chi connectivity index (χ2v) is 6.38. The van der Waals surface area contributed by atoms with E-state index in [1.165, 1.54) is 12.3 Å². The summed E-state index contributed by atoms with van der Waals surface area (Å²) in [5.41, 5.74) is 5.60. The Morgan fingerprint density at radius 1 is 1.18 bits per heavy atom. The Kier molecular flexibility index (Phi) is 4.49. The number of carboxylic acids is 1. The minimum absolute atomic E-state index is 0.283. The second kappa shape index (κ2) is 7.11. The SMILES string of the molecule is COc1cc2c(cc1OCc1ccccc1)CNn1cc(C(=O)O)c(=O)cc1-2. The van der Waals surface area contributed by atoms with E-state index in [0.717, 1.165) is 16.7 Å². The number of carboxylic acid groups (broad SMARTS) is 1. The Balaban J connectivity index is 1.72. The fourth-order valence-electron chi connectivity index (χ4n) is 3.20. The van der Waals surface area contributed by atoms with Crippen molar-refractivity contribution >= 4 is 5.97 Å². The summed E-state index contributed by atoms with van der Waals surface area (Å²) in [5, 5.41) is 9.16. The van der Waals surface area contributed by atoms with Gasteiger partial charge in [0.2, 0.25) is 0 Å². The van der Waals surface area contributed by atoms with Gasteiger partial charge in [-0.2, -0.15) is 0 Å². The van der Waals surface area contributed by atoms with Crippen molar-refractivity contribution in [1.82, 2.24) is 4.68 Å². The predicted molar refractivity (Wildman–Crippen MR) is 103 cm³/mol. The van der Waals surface area contributed by atoms with E-state index in [1.807, 2.05) is 42.5 Å². The van der Waals surface area contributed by atoms with Crippen molar-refractivity contribution in [2.24, 2.45) is 0 Å². The van der Waals surface area contributed by atoms with Gasteiger partial charge in [-0.25, -0.2) is 4.79 Å². The van der Waals surface area contributed by atoms with Crippen molar-refractivity contribution in [2.75, 3.05) is 12.5 Å². The van der Waals surface area contributed by atoms with Crippen LogP contribution < -0.4 is 20.3 Å². The summed E-state index contributed by atoms with van der Waals surface area (Å²) >= 11 is 0. The van der Waals surface area contributed by atoms with Crippen LogP contribution in [0.4, 0.5) is 0 Å². The quantitative estimate of drug-likeness (QED) is 0.710. The summed E-state index contributed by atoms with van der Waals surface area (Å²) < 4.78 is 13.0. The summed E-state index contributed by atoms with van der Waals surface area (Å²) in [4.78, 5) is 23.4. The molecule has 7 heteroatoms. The van der Waals surface area contributed by atoms with Crippen molar-refractivity contribution in [1.29, 1.82) is 0 Å². The van der Waals surface area contributed by atoms with Crippen LogP contribution in [0.1, 0.15) is 21.5 Å². The first-order chi connectivity index (χ1) is 13.6. The van der Waals surface area contributed by atoms with E-state index >= 15 is 0 Å². The number of methoxy groups -OCH3 is 1. The highest BCUT2D eigenvalue weighted by atomic mass is 16.5. The number of nitrogens with zero attached hydrogens (tertiary/aromatic N) is 1. The maximum atomic E-state index is 12.1. The van der Waals surface area contributed by atoms with Crippen LogP contribution in [-0.2, 0) is 13.2 Å². The van der Waals surface area contributed by atoms with Gasteiger partial charge >= 0.3 is 5.97 Å². The fraction of sp³-hybridized carbons (Fsp3) is 0.143. The molecule has 0 saturated carbocycles. The third-order valence-electron chi connectivity index (χ3n) is 4.62.